The molecular weight excluding hydrogens is 322 g/mol. The second kappa shape index (κ2) is 6.80. The SMILES string of the molecule is CSCC(=O)NC1Cc2c(F)c(F)c(F)c(CO)c2OB1O. The van der Waals surface area contributed by atoms with Gasteiger partial charge in [-0.25, -0.2) is 13.2 Å². The van der Waals surface area contributed by atoms with Crippen LogP contribution in [0.3, 0.4) is 0 Å². The first kappa shape index (κ1) is 17.0. The molecule has 0 bridgehead atoms. The minimum atomic E-state index is -1.73. The summed E-state index contributed by atoms with van der Waals surface area (Å²) in [5.74, 6) is -6.46. The fourth-order valence-corrected chi connectivity index (χ4v) is 2.58. The third-order valence-electron chi connectivity index (χ3n) is 3.25. The Balaban J connectivity index is 2.36. The van der Waals surface area contributed by atoms with Crippen LogP contribution in [0, 0.1) is 17.5 Å². The van der Waals surface area contributed by atoms with E-state index in [9.17, 15) is 23.0 Å². The van der Waals surface area contributed by atoms with Crippen LogP contribution in [0.4, 0.5) is 13.2 Å². The predicted molar refractivity (Wildman–Crippen MR) is 74.9 cm³/mol. The van der Waals surface area contributed by atoms with Crippen molar-refractivity contribution in [2.75, 3.05) is 12.0 Å². The van der Waals surface area contributed by atoms with Crippen molar-refractivity contribution in [3.8, 4) is 5.75 Å². The molecule has 1 aromatic carbocycles. The van der Waals surface area contributed by atoms with Crippen molar-refractivity contribution in [1.82, 2.24) is 5.32 Å². The Morgan fingerprint density at radius 2 is 2.09 bits per heavy atom. The average Bonchev–Trinajstić information content (AvgIpc) is 2.48. The maximum atomic E-state index is 13.9. The van der Waals surface area contributed by atoms with Crippen LogP contribution in [0.25, 0.3) is 0 Å². The van der Waals surface area contributed by atoms with Crippen LogP contribution in [0.1, 0.15) is 11.1 Å². The Kier molecular flexibility index (Phi) is 5.25. The minimum absolute atomic E-state index is 0.123. The van der Waals surface area contributed by atoms with Gasteiger partial charge < -0.3 is 20.1 Å². The van der Waals surface area contributed by atoms with E-state index in [1.807, 2.05) is 0 Å². The minimum Gasteiger partial charge on any atom is -0.534 e. The number of carbonyl (C=O) groups is 1. The van der Waals surface area contributed by atoms with E-state index in [2.05, 4.69) is 5.32 Å². The molecule has 0 aliphatic carbocycles. The standard InChI is InChI=1S/C12H13BF3NO4S/c1-22-4-8(19)17-7-2-5-9(14)11(16)10(15)6(3-18)12(5)21-13(7)20/h7,18,20H,2-4H2,1H3,(H,17,19). The number of benzene rings is 1. The van der Waals surface area contributed by atoms with Gasteiger partial charge in [-0.05, 0) is 12.7 Å². The van der Waals surface area contributed by atoms with E-state index in [4.69, 9.17) is 9.76 Å². The van der Waals surface area contributed by atoms with E-state index < -0.39 is 54.3 Å². The molecule has 1 heterocycles. The molecule has 0 saturated carbocycles. The van der Waals surface area contributed by atoms with E-state index in [1.54, 1.807) is 6.26 Å². The fraction of sp³-hybridized carbons (Fsp3) is 0.417. The number of hydrogen-bond acceptors (Lipinski definition) is 5. The number of fused-ring (bicyclic) bond motifs is 1. The van der Waals surface area contributed by atoms with Gasteiger partial charge in [-0.2, -0.15) is 11.8 Å². The van der Waals surface area contributed by atoms with E-state index in [0.717, 1.165) is 0 Å². The quantitative estimate of drug-likeness (QED) is 0.548. The summed E-state index contributed by atoms with van der Waals surface area (Å²) < 4.78 is 45.9. The molecule has 120 valence electrons. The summed E-state index contributed by atoms with van der Waals surface area (Å²) in [7, 11) is -1.56. The van der Waals surface area contributed by atoms with Crippen LogP contribution in [-0.4, -0.2) is 41.1 Å². The summed E-state index contributed by atoms with van der Waals surface area (Å²) >= 11 is 1.25. The lowest BCUT2D eigenvalue weighted by molar-refractivity contribution is -0.118. The summed E-state index contributed by atoms with van der Waals surface area (Å²) in [6.45, 7) is -0.915. The molecule has 22 heavy (non-hydrogen) atoms. The zero-order chi connectivity index (χ0) is 16.4. The van der Waals surface area contributed by atoms with Gasteiger partial charge >= 0.3 is 7.12 Å². The number of rotatable bonds is 4. The summed E-state index contributed by atoms with van der Waals surface area (Å²) in [5.41, 5.74) is -0.899. The summed E-state index contributed by atoms with van der Waals surface area (Å²) in [6, 6.07) is 0. The first-order valence-corrected chi connectivity index (χ1v) is 7.72. The number of amides is 1. The Hall–Kier alpha value is -1.39. The highest BCUT2D eigenvalue weighted by molar-refractivity contribution is 7.99. The molecule has 1 unspecified atom stereocenters. The van der Waals surface area contributed by atoms with E-state index in [1.165, 1.54) is 11.8 Å². The van der Waals surface area contributed by atoms with Gasteiger partial charge in [0, 0.05) is 5.56 Å². The number of aliphatic hydroxyl groups is 1. The summed E-state index contributed by atoms with van der Waals surface area (Å²) in [5, 5.41) is 21.4. The van der Waals surface area contributed by atoms with Crippen LogP contribution < -0.4 is 9.97 Å². The second-order valence-electron chi connectivity index (χ2n) is 4.71. The van der Waals surface area contributed by atoms with Crippen molar-refractivity contribution in [3.05, 3.63) is 28.6 Å². The number of nitrogens with one attached hydrogen (secondary N) is 1. The lowest BCUT2D eigenvalue weighted by Crippen LogP contribution is -2.53. The van der Waals surface area contributed by atoms with Crippen molar-refractivity contribution in [2.45, 2.75) is 19.0 Å². The lowest BCUT2D eigenvalue weighted by atomic mass is 9.72. The molecule has 1 aliphatic rings. The number of carbonyl (C=O) groups excluding carboxylic acids is 1. The molecule has 0 saturated heterocycles. The molecule has 10 heteroatoms. The van der Waals surface area contributed by atoms with Crippen molar-refractivity contribution < 1.29 is 32.8 Å². The Morgan fingerprint density at radius 3 is 2.68 bits per heavy atom. The van der Waals surface area contributed by atoms with Crippen molar-refractivity contribution >= 4 is 24.8 Å². The maximum Gasteiger partial charge on any atom is 0.547 e. The second-order valence-corrected chi connectivity index (χ2v) is 5.57. The highest BCUT2D eigenvalue weighted by atomic mass is 32.2. The topological polar surface area (TPSA) is 78.8 Å². The molecule has 0 aromatic heterocycles. The van der Waals surface area contributed by atoms with Gasteiger partial charge in [-0.3, -0.25) is 4.79 Å². The van der Waals surface area contributed by atoms with Gasteiger partial charge in [0.1, 0.15) is 5.75 Å². The summed E-state index contributed by atoms with van der Waals surface area (Å²) in [4.78, 5) is 11.5. The Bertz CT molecular complexity index is 604. The largest absolute Gasteiger partial charge is 0.547 e. The molecule has 1 atom stereocenters. The molecule has 0 radical (unpaired) electrons. The third-order valence-corrected chi connectivity index (χ3v) is 3.80. The Morgan fingerprint density at radius 1 is 1.41 bits per heavy atom. The molecule has 2 rings (SSSR count). The van der Waals surface area contributed by atoms with Crippen LogP contribution in [-0.2, 0) is 17.8 Å². The number of aliphatic hydroxyl groups excluding tert-OH is 1. The van der Waals surface area contributed by atoms with Crippen LogP contribution in [0.15, 0.2) is 0 Å². The van der Waals surface area contributed by atoms with Crippen LogP contribution in [0.2, 0.25) is 0 Å². The van der Waals surface area contributed by atoms with E-state index >= 15 is 0 Å². The number of halogens is 3. The Labute approximate surface area is 129 Å². The highest BCUT2D eigenvalue weighted by Gasteiger charge is 2.40. The molecule has 0 spiro atoms. The van der Waals surface area contributed by atoms with Crippen molar-refractivity contribution in [1.29, 1.82) is 0 Å². The van der Waals surface area contributed by atoms with Crippen LogP contribution >= 0.6 is 11.8 Å². The normalized spacial score (nSPS) is 17.0. The number of thioether (sulfide) groups is 1. The van der Waals surface area contributed by atoms with Gasteiger partial charge in [-0.15, -0.1) is 0 Å². The van der Waals surface area contributed by atoms with Gasteiger partial charge in [-0.1, -0.05) is 0 Å². The lowest BCUT2D eigenvalue weighted by Gasteiger charge is -2.29. The molecule has 1 amide bonds. The maximum absolute atomic E-state index is 13.9. The van der Waals surface area contributed by atoms with E-state index in [-0.39, 0.29) is 17.7 Å². The first-order valence-electron chi connectivity index (χ1n) is 6.32. The van der Waals surface area contributed by atoms with Crippen molar-refractivity contribution in [2.24, 2.45) is 0 Å². The highest BCUT2D eigenvalue weighted by Crippen LogP contribution is 2.36. The van der Waals surface area contributed by atoms with Gasteiger partial charge in [0.25, 0.3) is 0 Å². The molecule has 1 aromatic rings. The average molecular weight is 335 g/mol. The molecule has 5 nitrogen and oxygen atoms in total. The van der Waals surface area contributed by atoms with Gasteiger partial charge in [0.05, 0.1) is 23.9 Å². The number of hydrogen-bond donors (Lipinski definition) is 3. The summed E-state index contributed by atoms with van der Waals surface area (Å²) in [6.07, 6.45) is 1.42. The molecule has 1 aliphatic heterocycles. The smallest absolute Gasteiger partial charge is 0.534 e. The van der Waals surface area contributed by atoms with Crippen LogP contribution in [0.5, 0.6) is 5.75 Å². The van der Waals surface area contributed by atoms with Gasteiger partial charge in [0.2, 0.25) is 5.91 Å². The van der Waals surface area contributed by atoms with Crippen molar-refractivity contribution in [3.63, 3.8) is 0 Å². The fourth-order valence-electron chi connectivity index (χ4n) is 2.23. The van der Waals surface area contributed by atoms with E-state index in [0.29, 0.717) is 0 Å². The predicted octanol–water partition coefficient (Wildman–Crippen LogP) is 0.399. The molecule has 0 fully saturated rings. The zero-order valence-corrected chi connectivity index (χ0v) is 12.3. The first-order chi connectivity index (χ1) is 10.4. The van der Waals surface area contributed by atoms with Gasteiger partial charge in [0.15, 0.2) is 17.5 Å². The molecule has 3 N–H and O–H groups in total. The zero-order valence-electron chi connectivity index (χ0n) is 11.5. The molecular formula is C12H13BF3NO4S. The third kappa shape index (κ3) is 3.04. The monoisotopic (exact) mass is 335 g/mol.